The highest BCUT2D eigenvalue weighted by molar-refractivity contribution is 5.68. The van der Waals surface area contributed by atoms with Crippen molar-refractivity contribution >= 4 is 6.09 Å². The molecule has 1 saturated heterocycles. The Morgan fingerprint density at radius 2 is 1.80 bits per heavy atom. The zero-order valence-corrected chi connectivity index (χ0v) is 13.5. The Balaban J connectivity index is 2.41. The molecule has 0 N–H and O–H groups in total. The van der Waals surface area contributed by atoms with E-state index in [1.807, 2.05) is 20.8 Å². The fourth-order valence-electron chi connectivity index (χ4n) is 2.71. The molecule has 4 nitrogen and oxygen atoms in total. The number of nitriles is 1. The number of hydrogen-bond acceptors (Lipinski definition) is 3. The lowest BCUT2D eigenvalue weighted by molar-refractivity contribution is 0.0168. The van der Waals surface area contributed by atoms with Crippen molar-refractivity contribution in [1.29, 1.82) is 5.26 Å². The minimum absolute atomic E-state index is 0.0769. The van der Waals surface area contributed by atoms with E-state index in [0.29, 0.717) is 12.3 Å². The first-order valence-electron chi connectivity index (χ1n) is 7.48. The van der Waals surface area contributed by atoms with Gasteiger partial charge < -0.3 is 9.64 Å². The molecular formula is C16H28N2O2. The Bertz CT molecular complexity index is 369. The van der Waals surface area contributed by atoms with Crippen molar-refractivity contribution in [1.82, 2.24) is 4.90 Å². The van der Waals surface area contributed by atoms with Crippen LogP contribution in [0.1, 0.15) is 60.3 Å². The molecule has 4 heteroatoms. The van der Waals surface area contributed by atoms with E-state index >= 15 is 0 Å². The highest BCUT2D eigenvalue weighted by atomic mass is 16.6. The van der Waals surface area contributed by atoms with E-state index in [1.54, 1.807) is 4.90 Å². The lowest BCUT2D eigenvalue weighted by Crippen LogP contribution is -2.42. The Morgan fingerprint density at radius 1 is 1.25 bits per heavy atom. The normalized spacial score (nSPS) is 17.7. The number of amides is 1. The van der Waals surface area contributed by atoms with Gasteiger partial charge >= 0.3 is 6.09 Å². The van der Waals surface area contributed by atoms with Gasteiger partial charge in [-0.25, -0.2) is 4.79 Å². The van der Waals surface area contributed by atoms with E-state index in [2.05, 4.69) is 19.9 Å². The van der Waals surface area contributed by atoms with E-state index in [-0.39, 0.29) is 11.5 Å². The van der Waals surface area contributed by atoms with Gasteiger partial charge in [-0.2, -0.15) is 5.26 Å². The van der Waals surface area contributed by atoms with Gasteiger partial charge in [0.15, 0.2) is 0 Å². The summed E-state index contributed by atoms with van der Waals surface area (Å²) in [4.78, 5) is 13.8. The van der Waals surface area contributed by atoms with E-state index in [4.69, 9.17) is 10.00 Å². The third-order valence-electron chi connectivity index (χ3n) is 3.67. The van der Waals surface area contributed by atoms with E-state index in [0.717, 1.165) is 32.4 Å². The topological polar surface area (TPSA) is 53.3 Å². The molecule has 1 aliphatic rings. The van der Waals surface area contributed by atoms with Gasteiger partial charge in [0.25, 0.3) is 0 Å². The van der Waals surface area contributed by atoms with Gasteiger partial charge in [-0.15, -0.1) is 0 Å². The fraction of sp³-hybridized carbons (Fsp3) is 0.875. The molecule has 0 spiro atoms. The second-order valence-electron chi connectivity index (χ2n) is 7.61. The predicted molar refractivity (Wildman–Crippen MR) is 79.2 cm³/mol. The van der Waals surface area contributed by atoms with Crippen molar-refractivity contribution in [2.24, 2.45) is 11.3 Å². The van der Waals surface area contributed by atoms with Gasteiger partial charge in [0.05, 0.1) is 6.07 Å². The van der Waals surface area contributed by atoms with Crippen molar-refractivity contribution in [2.75, 3.05) is 13.1 Å². The van der Waals surface area contributed by atoms with Crippen molar-refractivity contribution in [3.63, 3.8) is 0 Å². The number of ether oxygens (including phenoxy) is 1. The fourth-order valence-corrected chi connectivity index (χ4v) is 2.71. The average Bonchev–Trinajstić information content (AvgIpc) is 2.26. The summed E-state index contributed by atoms with van der Waals surface area (Å²) in [6, 6.07) is 2.27. The van der Waals surface area contributed by atoms with Gasteiger partial charge in [-0.1, -0.05) is 13.8 Å². The SMILES string of the molecule is CC(C)(CC#N)CC1CCN(C(=O)OC(C)(C)C)CC1. The second-order valence-corrected chi connectivity index (χ2v) is 7.61. The molecule has 0 aromatic carbocycles. The maximum atomic E-state index is 12.0. The molecule has 1 heterocycles. The summed E-state index contributed by atoms with van der Waals surface area (Å²) in [5, 5.41) is 8.83. The maximum absolute atomic E-state index is 12.0. The quantitative estimate of drug-likeness (QED) is 0.786. The molecule has 0 saturated carbocycles. The summed E-state index contributed by atoms with van der Waals surface area (Å²) in [6.45, 7) is 11.5. The highest BCUT2D eigenvalue weighted by Gasteiger charge is 2.30. The van der Waals surface area contributed by atoms with Crippen LogP contribution in [0.15, 0.2) is 0 Å². The molecule has 0 aromatic heterocycles. The summed E-state index contributed by atoms with van der Waals surface area (Å²) in [5.74, 6) is 0.608. The smallest absolute Gasteiger partial charge is 0.410 e. The number of likely N-dealkylation sites (tertiary alicyclic amines) is 1. The molecule has 0 aliphatic carbocycles. The first kappa shape index (κ1) is 16.8. The van der Waals surface area contributed by atoms with Crippen molar-refractivity contribution in [2.45, 2.75) is 65.9 Å². The van der Waals surface area contributed by atoms with Gasteiger partial charge in [0.2, 0.25) is 0 Å². The van der Waals surface area contributed by atoms with Crippen molar-refractivity contribution < 1.29 is 9.53 Å². The summed E-state index contributed by atoms with van der Waals surface area (Å²) in [6.07, 6.45) is 3.47. The van der Waals surface area contributed by atoms with Gasteiger partial charge in [-0.3, -0.25) is 0 Å². The number of nitrogens with zero attached hydrogens (tertiary/aromatic N) is 2. The Kier molecular flexibility index (Phi) is 5.44. The summed E-state index contributed by atoms with van der Waals surface area (Å²) in [7, 11) is 0. The molecule has 1 aliphatic heterocycles. The number of piperidine rings is 1. The molecule has 1 fully saturated rings. The molecule has 114 valence electrons. The zero-order chi connectivity index (χ0) is 15.4. The summed E-state index contributed by atoms with van der Waals surface area (Å²) < 4.78 is 5.40. The standard InChI is InChI=1S/C16H28N2O2/c1-15(2,3)20-14(19)18-10-6-13(7-11-18)12-16(4,5)8-9-17/h13H,6-8,10-12H2,1-5H3. The predicted octanol–water partition coefficient (Wildman–Crippen LogP) is 3.96. The molecule has 0 atom stereocenters. The van der Waals surface area contributed by atoms with Crippen LogP contribution in [0.2, 0.25) is 0 Å². The minimum Gasteiger partial charge on any atom is -0.444 e. The molecular weight excluding hydrogens is 252 g/mol. The lowest BCUT2D eigenvalue weighted by atomic mass is 9.77. The van der Waals surface area contributed by atoms with Crippen LogP contribution in [0.5, 0.6) is 0 Å². The number of carbonyl (C=O) groups is 1. The van der Waals surface area contributed by atoms with E-state index in [9.17, 15) is 4.79 Å². The summed E-state index contributed by atoms with van der Waals surface area (Å²) >= 11 is 0. The highest BCUT2D eigenvalue weighted by Crippen LogP contribution is 2.34. The molecule has 1 rings (SSSR count). The lowest BCUT2D eigenvalue weighted by Gasteiger charge is -2.36. The first-order chi connectivity index (χ1) is 9.13. The van der Waals surface area contributed by atoms with E-state index < -0.39 is 5.60 Å². The molecule has 0 aromatic rings. The van der Waals surface area contributed by atoms with Gasteiger partial charge in [0, 0.05) is 19.5 Å². The third kappa shape index (κ3) is 5.81. The minimum atomic E-state index is -0.428. The summed E-state index contributed by atoms with van der Waals surface area (Å²) in [5.41, 5.74) is -0.351. The molecule has 1 amide bonds. The van der Waals surface area contributed by atoms with Crippen LogP contribution in [0, 0.1) is 22.7 Å². The number of rotatable bonds is 3. The van der Waals surface area contributed by atoms with Crippen LogP contribution >= 0.6 is 0 Å². The van der Waals surface area contributed by atoms with Crippen LogP contribution in [-0.4, -0.2) is 29.7 Å². The van der Waals surface area contributed by atoms with Crippen LogP contribution in [-0.2, 0) is 4.74 Å². The Labute approximate surface area is 123 Å². The monoisotopic (exact) mass is 280 g/mol. The third-order valence-corrected chi connectivity index (χ3v) is 3.67. The number of carbonyl (C=O) groups excluding carboxylic acids is 1. The molecule has 0 unspecified atom stereocenters. The largest absolute Gasteiger partial charge is 0.444 e. The maximum Gasteiger partial charge on any atom is 0.410 e. The van der Waals surface area contributed by atoms with Crippen LogP contribution < -0.4 is 0 Å². The van der Waals surface area contributed by atoms with Crippen LogP contribution in [0.4, 0.5) is 4.79 Å². The zero-order valence-electron chi connectivity index (χ0n) is 13.5. The van der Waals surface area contributed by atoms with Crippen LogP contribution in [0.25, 0.3) is 0 Å². The Hall–Kier alpha value is -1.24. The Morgan fingerprint density at radius 3 is 2.25 bits per heavy atom. The second kappa shape index (κ2) is 6.47. The van der Waals surface area contributed by atoms with Crippen molar-refractivity contribution in [3.05, 3.63) is 0 Å². The average molecular weight is 280 g/mol. The van der Waals surface area contributed by atoms with Gasteiger partial charge in [0.1, 0.15) is 5.60 Å². The molecule has 0 bridgehead atoms. The number of hydrogen-bond donors (Lipinski definition) is 0. The van der Waals surface area contributed by atoms with Crippen LogP contribution in [0.3, 0.4) is 0 Å². The van der Waals surface area contributed by atoms with E-state index in [1.165, 1.54) is 0 Å². The van der Waals surface area contributed by atoms with Crippen molar-refractivity contribution in [3.8, 4) is 6.07 Å². The first-order valence-corrected chi connectivity index (χ1v) is 7.48. The van der Waals surface area contributed by atoms with Gasteiger partial charge in [-0.05, 0) is 51.4 Å². The molecule has 20 heavy (non-hydrogen) atoms. The molecule has 0 radical (unpaired) electrons.